The van der Waals surface area contributed by atoms with E-state index in [-0.39, 0.29) is 11.4 Å². The summed E-state index contributed by atoms with van der Waals surface area (Å²) in [5.74, 6) is -0.117. The number of nitrogens with one attached hydrogen (secondary N) is 2. The molecule has 0 radical (unpaired) electrons. The van der Waals surface area contributed by atoms with Crippen LogP contribution in [0.4, 0.5) is 0 Å². The van der Waals surface area contributed by atoms with E-state index in [4.69, 9.17) is 5.26 Å². The van der Waals surface area contributed by atoms with Gasteiger partial charge in [0.25, 0.3) is 5.91 Å². The second kappa shape index (κ2) is 4.56. The summed E-state index contributed by atoms with van der Waals surface area (Å²) in [6.45, 7) is 3.74. The molecule has 2 N–H and O–H groups in total. The van der Waals surface area contributed by atoms with Gasteiger partial charge in [-0.05, 0) is 38.1 Å². The lowest BCUT2D eigenvalue weighted by atomic mass is 10.0. The van der Waals surface area contributed by atoms with Gasteiger partial charge in [-0.25, -0.2) is 0 Å². The number of carbonyl (C=O) groups excluding carboxylic acids is 1. The van der Waals surface area contributed by atoms with Crippen LogP contribution in [0.2, 0.25) is 0 Å². The minimum absolute atomic E-state index is 0.117. The molecule has 0 spiro atoms. The normalized spacial score (nSPS) is 23.1. The Hall–Kier alpha value is -1.86. The smallest absolute Gasteiger partial charge is 0.251 e. The van der Waals surface area contributed by atoms with Crippen LogP contribution in [-0.2, 0) is 0 Å². The van der Waals surface area contributed by atoms with Crippen LogP contribution in [0.15, 0.2) is 24.3 Å². The standard InChI is InChI=1S/C13H15N3O/c1-13(5-6-15-9-13)16-12(17)11-4-2-3-10(7-11)8-14/h2-4,7,15H,5-6,9H2,1H3,(H,16,17). The lowest BCUT2D eigenvalue weighted by Crippen LogP contribution is -2.47. The van der Waals surface area contributed by atoms with E-state index >= 15 is 0 Å². The van der Waals surface area contributed by atoms with Crippen molar-refractivity contribution in [1.29, 1.82) is 5.26 Å². The fourth-order valence-electron chi connectivity index (χ4n) is 2.00. The quantitative estimate of drug-likeness (QED) is 0.796. The molecule has 1 aromatic carbocycles. The maximum absolute atomic E-state index is 12.0. The average molecular weight is 229 g/mol. The fourth-order valence-corrected chi connectivity index (χ4v) is 2.00. The highest BCUT2D eigenvalue weighted by Gasteiger charge is 2.30. The molecule has 88 valence electrons. The number of benzene rings is 1. The summed E-state index contributed by atoms with van der Waals surface area (Å²) in [4.78, 5) is 12.0. The van der Waals surface area contributed by atoms with E-state index in [2.05, 4.69) is 10.6 Å². The molecule has 1 heterocycles. The van der Waals surface area contributed by atoms with Gasteiger partial charge in [0, 0.05) is 12.1 Å². The predicted octanol–water partition coefficient (Wildman–Crippen LogP) is 1.04. The molecule has 1 atom stereocenters. The van der Waals surface area contributed by atoms with Crippen LogP contribution in [0.1, 0.15) is 29.3 Å². The van der Waals surface area contributed by atoms with Crippen molar-refractivity contribution >= 4 is 5.91 Å². The summed E-state index contributed by atoms with van der Waals surface area (Å²) >= 11 is 0. The molecule has 0 aliphatic carbocycles. The molecule has 17 heavy (non-hydrogen) atoms. The van der Waals surface area contributed by atoms with Gasteiger partial charge in [0.2, 0.25) is 0 Å². The number of hydrogen-bond acceptors (Lipinski definition) is 3. The topological polar surface area (TPSA) is 64.9 Å². The Morgan fingerprint density at radius 1 is 1.59 bits per heavy atom. The SMILES string of the molecule is CC1(NC(=O)c2cccc(C#N)c2)CCNC1. The highest BCUT2D eigenvalue weighted by Crippen LogP contribution is 2.14. The molecular formula is C13H15N3O. The van der Waals surface area contributed by atoms with Gasteiger partial charge in [0.1, 0.15) is 0 Å². The third-order valence-electron chi connectivity index (χ3n) is 3.04. The number of rotatable bonds is 2. The van der Waals surface area contributed by atoms with Crippen LogP contribution in [0.25, 0.3) is 0 Å². The van der Waals surface area contributed by atoms with Gasteiger partial charge < -0.3 is 10.6 Å². The first-order chi connectivity index (χ1) is 8.13. The number of hydrogen-bond donors (Lipinski definition) is 2. The van der Waals surface area contributed by atoms with E-state index < -0.39 is 0 Å². The molecule has 2 rings (SSSR count). The van der Waals surface area contributed by atoms with E-state index in [0.29, 0.717) is 11.1 Å². The summed E-state index contributed by atoms with van der Waals surface area (Å²) in [6.07, 6.45) is 0.927. The summed E-state index contributed by atoms with van der Waals surface area (Å²) in [7, 11) is 0. The first kappa shape index (κ1) is 11.6. The van der Waals surface area contributed by atoms with Crippen molar-refractivity contribution in [2.75, 3.05) is 13.1 Å². The van der Waals surface area contributed by atoms with Gasteiger partial charge in [-0.3, -0.25) is 4.79 Å². The first-order valence-electron chi connectivity index (χ1n) is 5.66. The van der Waals surface area contributed by atoms with Crippen molar-refractivity contribution < 1.29 is 4.79 Å². The van der Waals surface area contributed by atoms with E-state index in [1.807, 2.05) is 13.0 Å². The highest BCUT2D eigenvalue weighted by molar-refractivity contribution is 5.95. The first-order valence-corrected chi connectivity index (χ1v) is 5.66. The van der Waals surface area contributed by atoms with Crippen LogP contribution in [-0.4, -0.2) is 24.5 Å². The second-order valence-corrected chi connectivity index (χ2v) is 4.63. The average Bonchev–Trinajstić information content (AvgIpc) is 2.76. The van der Waals surface area contributed by atoms with Gasteiger partial charge in [0.15, 0.2) is 0 Å². The molecule has 4 heteroatoms. The summed E-state index contributed by atoms with van der Waals surface area (Å²) < 4.78 is 0. The lowest BCUT2D eigenvalue weighted by Gasteiger charge is -2.24. The highest BCUT2D eigenvalue weighted by atomic mass is 16.1. The third kappa shape index (κ3) is 2.63. The van der Waals surface area contributed by atoms with Crippen LogP contribution in [0.5, 0.6) is 0 Å². The molecule has 1 fully saturated rings. The predicted molar refractivity (Wildman–Crippen MR) is 64.5 cm³/mol. The van der Waals surface area contributed by atoms with Crippen molar-refractivity contribution in [3.05, 3.63) is 35.4 Å². The minimum Gasteiger partial charge on any atom is -0.346 e. The zero-order chi connectivity index (χ0) is 12.3. The van der Waals surface area contributed by atoms with E-state index in [9.17, 15) is 4.79 Å². The van der Waals surface area contributed by atoms with Crippen molar-refractivity contribution in [1.82, 2.24) is 10.6 Å². The molecule has 0 saturated carbocycles. The zero-order valence-corrected chi connectivity index (χ0v) is 9.79. The van der Waals surface area contributed by atoms with Crippen LogP contribution >= 0.6 is 0 Å². The summed E-state index contributed by atoms with van der Waals surface area (Å²) in [5, 5.41) is 15.0. The molecule has 1 unspecified atom stereocenters. The molecule has 4 nitrogen and oxygen atoms in total. The Morgan fingerprint density at radius 2 is 2.41 bits per heavy atom. The van der Waals surface area contributed by atoms with Crippen LogP contribution in [0.3, 0.4) is 0 Å². The number of amides is 1. The molecule has 1 aliphatic heterocycles. The van der Waals surface area contributed by atoms with E-state index in [0.717, 1.165) is 19.5 Å². The Labute approximate surface area is 101 Å². The van der Waals surface area contributed by atoms with E-state index in [1.54, 1.807) is 24.3 Å². The van der Waals surface area contributed by atoms with Crippen molar-refractivity contribution in [3.63, 3.8) is 0 Å². The Balaban J connectivity index is 2.12. The third-order valence-corrected chi connectivity index (χ3v) is 3.04. The van der Waals surface area contributed by atoms with Gasteiger partial charge in [-0.1, -0.05) is 6.07 Å². The lowest BCUT2D eigenvalue weighted by molar-refractivity contribution is 0.0913. The largest absolute Gasteiger partial charge is 0.346 e. The molecular weight excluding hydrogens is 214 g/mol. The Kier molecular flexibility index (Phi) is 3.12. The Bertz CT molecular complexity index is 470. The number of nitriles is 1. The van der Waals surface area contributed by atoms with Gasteiger partial charge in [-0.2, -0.15) is 5.26 Å². The second-order valence-electron chi connectivity index (χ2n) is 4.63. The Morgan fingerprint density at radius 3 is 3.06 bits per heavy atom. The fraction of sp³-hybridized carbons (Fsp3) is 0.385. The molecule has 1 amide bonds. The molecule has 1 saturated heterocycles. The van der Waals surface area contributed by atoms with Crippen LogP contribution < -0.4 is 10.6 Å². The van der Waals surface area contributed by atoms with E-state index in [1.165, 1.54) is 0 Å². The van der Waals surface area contributed by atoms with Gasteiger partial charge in [-0.15, -0.1) is 0 Å². The van der Waals surface area contributed by atoms with Gasteiger partial charge in [0.05, 0.1) is 17.2 Å². The van der Waals surface area contributed by atoms with Gasteiger partial charge >= 0.3 is 0 Å². The van der Waals surface area contributed by atoms with Crippen molar-refractivity contribution in [2.45, 2.75) is 18.9 Å². The van der Waals surface area contributed by atoms with Crippen LogP contribution in [0, 0.1) is 11.3 Å². The number of nitrogens with zero attached hydrogens (tertiary/aromatic N) is 1. The molecule has 0 aromatic heterocycles. The number of carbonyl (C=O) groups is 1. The monoisotopic (exact) mass is 229 g/mol. The molecule has 1 aliphatic rings. The minimum atomic E-state index is -0.181. The zero-order valence-electron chi connectivity index (χ0n) is 9.79. The molecule has 0 bridgehead atoms. The molecule has 1 aromatic rings. The maximum atomic E-state index is 12.0. The summed E-state index contributed by atoms with van der Waals surface area (Å²) in [5.41, 5.74) is 0.865. The van der Waals surface area contributed by atoms with Crippen molar-refractivity contribution in [3.8, 4) is 6.07 Å². The summed E-state index contributed by atoms with van der Waals surface area (Å²) in [6, 6.07) is 8.78. The maximum Gasteiger partial charge on any atom is 0.251 e. The van der Waals surface area contributed by atoms with Crippen molar-refractivity contribution in [2.24, 2.45) is 0 Å².